The molecule has 146 valence electrons. The molecule has 0 atom stereocenters. The van der Waals surface area contributed by atoms with Crippen LogP contribution in [-0.4, -0.2) is 35.0 Å². The second-order valence-electron chi connectivity index (χ2n) is 7.30. The Kier molecular flexibility index (Phi) is 7.30. The molecule has 0 bridgehead atoms. The molecule has 26 heavy (non-hydrogen) atoms. The van der Waals surface area contributed by atoms with Crippen molar-refractivity contribution in [2.24, 2.45) is 0 Å². The summed E-state index contributed by atoms with van der Waals surface area (Å²) in [5, 5.41) is -0.0158. The van der Waals surface area contributed by atoms with Gasteiger partial charge in [-0.05, 0) is 64.4 Å². The van der Waals surface area contributed by atoms with Crippen molar-refractivity contribution in [3.05, 3.63) is 15.7 Å². The van der Waals surface area contributed by atoms with Crippen LogP contribution in [0, 0.1) is 0 Å². The topological polar surface area (TPSA) is 78.0 Å². The predicted molar refractivity (Wildman–Crippen MR) is 103 cm³/mol. The third kappa shape index (κ3) is 6.32. The van der Waals surface area contributed by atoms with Crippen LogP contribution in [0.3, 0.4) is 0 Å². The van der Waals surface area contributed by atoms with Gasteiger partial charge in [0.25, 0.3) is 0 Å². The normalized spacial score (nSPS) is 11.7. The summed E-state index contributed by atoms with van der Waals surface area (Å²) >= 11 is 9.62. The van der Waals surface area contributed by atoms with Gasteiger partial charge in [0.05, 0.1) is 11.1 Å². The summed E-state index contributed by atoms with van der Waals surface area (Å²) in [6.07, 6.45) is -0.523. The number of pyridine rings is 1. The SMILES string of the molecule is CCOc1c(Br)cnc(N(C(=O)OC(C)(C)C)C(=O)OC(C)(C)C)c1Cl. The molecular formula is C17H24BrClN2O5. The van der Waals surface area contributed by atoms with Crippen LogP contribution < -0.4 is 9.64 Å². The Bertz CT molecular complexity index is 655. The highest BCUT2D eigenvalue weighted by Gasteiger charge is 2.36. The van der Waals surface area contributed by atoms with Crippen LogP contribution in [0.2, 0.25) is 5.02 Å². The van der Waals surface area contributed by atoms with E-state index in [2.05, 4.69) is 20.9 Å². The Balaban J connectivity index is 3.43. The van der Waals surface area contributed by atoms with E-state index >= 15 is 0 Å². The zero-order chi connectivity index (χ0) is 20.3. The van der Waals surface area contributed by atoms with Crippen LogP contribution in [-0.2, 0) is 9.47 Å². The van der Waals surface area contributed by atoms with Gasteiger partial charge in [0.15, 0.2) is 11.6 Å². The van der Waals surface area contributed by atoms with Crippen molar-refractivity contribution < 1.29 is 23.8 Å². The van der Waals surface area contributed by atoms with Crippen LogP contribution in [0.1, 0.15) is 48.5 Å². The summed E-state index contributed by atoms with van der Waals surface area (Å²) in [6, 6.07) is 0. The van der Waals surface area contributed by atoms with Crippen LogP contribution in [0.15, 0.2) is 10.7 Å². The average Bonchev–Trinajstić information content (AvgIpc) is 2.42. The fourth-order valence-electron chi connectivity index (χ4n) is 1.73. The van der Waals surface area contributed by atoms with E-state index in [0.29, 0.717) is 16.0 Å². The molecule has 1 aromatic heterocycles. The van der Waals surface area contributed by atoms with Gasteiger partial charge >= 0.3 is 12.2 Å². The molecule has 0 aliphatic heterocycles. The van der Waals surface area contributed by atoms with Gasteiger partial charge in [-0.1, -0.05) is 11.6 Å². The first kappa shape index (κ1) is 22.5. The second kappa shape index (κ2) is 8.43. The Hall–Kier alpha value is -1.54. The van der Waals surface area contributed by atoms with E-state index in [9.17, 15) is 9.59 Å². The highest BCUT2D eigenvalue weighted by Crippen LogP contribution is 2.39. The molecule has 1 heterocycles. The summed E-state index contributed by atoms with van der Waals surface area (Å²) in [5.41, 5.74) is -1.66. The Morgan fingerprint density at radius 2 is 1.58 bits per heavy atom. The fraction of sp³-hybridized carbons (Fsp3) is 0.588. The average molecular weight is 452 g/mol. The molecule has 0 aliphatic carbocycles. The minimum atomic E-state index is -0.953. The lowest BCUT2D eigenvalue weighted by atomic mass is 10.2. The number of carbonyl (C=O) groups is 2. The number of amides is 2. The first-order chi connectivity index (χ1) is 11.8. The third-order valence-corrected chi connectivity index (χ3v) is 3.47. The first-order valence-corrected chi connectivity index (χ1v) is 9.16. The zero-order valence-corrected chi connectivity index (χ0v) is 18.3. The Morgan fingerprint density at radius 1 is 1.12 bits per heavy atom. The molecular weight excluding hydrogens is 428 g/mol. The summed E-state index contributed by atoms with van der Waals surface area (Å²) in [7, 11) is 0. The molecule has 0 saturated carbocycles. The maximum absolute atomic E-state index is 12.6. The lowest BCUT2D eigenvalue weighted by molar-refractivity contribution is 0.0429. The fourth-order valence-corrected chi connectivity index (χ4v) is 2.55. The molecule has 0 spiro atoms. The Morgan fingerprint density at radius 3 is 1.96 bits per heavy atom. The number of nitrogens with zero attached hydrogens (tertiary/aromatic N) is 2. The van der Waals surface area contributed by atoms with Crippen molar-refractivity contribution in [1.29, 1.82) is 0 Å². The molecule has 0 radical (unpaired) electrons. The van der Waals surface area contributed by atoms with Gasteiger partial charge in [-0.25, -0.2) is 14.6 Å². The van der Waals surface area contributed by atoms with Crippen molar-refractivity contribution in [2.45, 2.75) is 59.7 Å². The van der Waals surface area contributed by atoms with Crippen molar-refractivity contribution in [3.8, 4) is 5.75 Å². The summed E-state index contributed by atoms with van der Waals surface area (Å²) in [4.78, 5) is 30.0. The quantitative estimate of drug-likeness (QED) is 0.597. The predicted octanol–water partition coefficient (Wildman–Crippen LogP) is 5.57. The van der Waals surface area contributed by atoms with Crippen molar-refractivity contribution in [3.63, 3.8) is 0 Å². The molecule has 0 saturated heterocycles. The minimum absolute atomic E-state index is 0.0158. The van der Waals surface area contributed by atoms with E-state index in [4.69, 9.17) is 25.8 Å². The highest BCUT2D eigenvalue weighted by atomic mass is 79.9. The molecule has 0 fully saturated rings. The van der Waals surface area contributed by atoms with E-state index in [0.717, 1.165) is 0 Å². The number of anilines is 1. The van der Waals surface area contributed by atoms with E-state index in [-0.39, 0.29) is 16.6 Å². The number of hydrogen-bond acceptors (Lipinski definition) is 6. The van der Waals surface area contributed by atoms with Gasteiger partial charge in [-0.2, -0.15) is 4.90 Å². The van der Waals surface area contributed by atoms with Crippen molar-refractivity contribution in [1.82, 2.24) is 4.98 Å². The number of halogens is 2. The maximum Gasteiger partial charge on any atom is 0.425 e. The van der Waals surface area contributed by atoms with E-state index in [1.165, 1.54) is 6.20 Å². The highest BCUT2D eigenvalue weighted by molar-refractivity contribution is 9.10. The second-order valence-corrected chi connectivity index (χ2v) is 8.53. The number of aromatic nitrogens is 1. The molecule has 1 aromatic rings. The van der Waals surface area contributed by atoms with Crippen LogP contribution in [0.25, 0.3) is 0 Å². The van der Waals surface area contributed by atoms with E-state index in [1.807, 2.05) is 0 Å². The zero-order valence-electron chi connectivity index (χ0n) is 16.0. The monoisotopic (exact) mass is 450 g/mol. The lowest BCUT2D eigenvalue weighted by Gasteiger charge is -2.28. The first-order valence-electron chi connectivity index (χ1n) is 7.99. The molecule has 0 aromatic carbocycles. The van der Waals surface area contributed by atoms with Gasteiger partial charge in [0.2, 0.25) is 0 Å². The third-order valence-electron chi connectivity index (χ3n) is 2.57. The largest absolute Gasteiger partial charge is 0.491 e. The lowest BCUT2D eigenvalue weighted by Crippen LogP contribution is -2.44. The minimum Gasteiger partial charge on any atom is -0.491 e. The molecule has 0 unspecified atom stereocenters. The van der Waals surface area contributed by atoms with Crippen molar-refractivity contribution >= 4 is 45.5 Å². The number of imide groups is 1. The molecule has 2 amide bonds. The van der Waals surface area contributed by atoms with E-state index in [1.54, 1.807) is 48.5 Å². The number of carbonyl (C=O) groups excluding carboxylic acids is 2. The number of rotatable bonds is 3. The van der Waals surface area contributed by atoms with Crippen molar-refractivity contribution in [2.75, 3.05) is 11.5 Å². The summed E-state index contributed by atoms with van der Waals surface area (Å²) in [6.45, 7) is 12.2. The standard InChI is InChI=1S/C17H24BrClN2O5/c1-8-24-12-10(18)9-20-13(11(12)19)21(14(22)25-16(2,3)4)15(23)26-17(5,6)7/h9H,8H2,1-7H3. The number of hydrogen-bond donors (Lipinski definition) is 0. The maximum atomic E-state index is 12.6. The molecule has 0 aliphatic rings. The van der Waals surface area contributed by atoms with Gasteiger partial charge in [-0.3, -0.25) is 0 Å². The Labute approximate surface area is 167 Å². The van der Waals surface area contributed by atoms with Crippen LogP contribution in [0.5, 0.6) is 5.75 Å². The molecule has 9 heteroatoms. The van der Waals surface area contributed by atoms with Gasteiger partial charge in [-0.15, -0.1) is 0 Å². The van der Waals surface area contributed by atoms with Gasteiger partial charge in [0.1, 0.15) is 16.2 Å². The summed E-state index contributed by atoms with van der Waals surface area (Å²) < 4.78 is 16.6. The van der Waals surface area contributed by atoms with Crippen LogP contribution >= 0.6 is 27.5 Å². The smallest absolute Gasteiger partial charge is 0.425 e. The molecule has 0 N–H and O–H groups in total. The summed E-state index contributed by atoms with van der Waals surface area (Å²) in [5.74, 6) is 0.123. The van der Waals surface area contributed by atoms with Gasteiger partial charge < -0.3 is 14.2 Å². The molecule has 7 nitrogen and oxygen atoms in total. The molecule has 1 rings (SSSR count). The van der Waals surface area contributed by atoms with E-state index < -0.39 is 23.4 Å². The van der Waals surface area contributed by atoms with Crippen LogP contribution in [0.4, 0.5) is 15.4 Å². The van der Waals surface area contributed by atoms with Gasteiger partial charge in [0, 0.05) is 6.20 Å². The number of ether oxygens (including phenoxy) is 3.